The van der Waals surface area contributed by atoms with Gasteiger partial charge in [-0.3, -0.25) is 0 Å². The van der Waals surface area contributed by atoms with Crippen molar-refractivity contribution >= 4 is 0 Å². The van der Waals surface area contributed by atoms with Gasteiger partial charge in [-0.1, -0.05) is 13.3 Å². The predicted molar refractivity (Wildman–Crippen MR) is 57.7 cm³/mol. The maximum Gasteiger partial charge on any atom is 0.00526 e. The molecule has 1 aliphatic carbocycles. The molecule has 1 fully saturated rings. The smallest absolute Gasteiger partial charge is 0.00526 e. The van der Waals surface area contributed by atoms with E-state index in [0.717, 1.165) is 13.1 Å². The van der Waals surface area contributed by atoms with Crippen molar-refractivity contribution in [2.45, 2.75) is 46.1 Å². The van der Waals surface area contributed by atoms with Crippen LogP contribution in [0.2, 0.25) is 0 Å². The summed E-state index contributed by atoms with van der Waals surface area (Å²) in [5.41, 5.74) is 6.32. The SMILES string of the molecule is CCN(CC1(CN)CCC1)C(C)C. The third kappa shape index (κ3) is 2.44. The van der Waals surface area contributed by atoms with E-state index in [0.29, 0.717) is 11.5 Å². The van der Waals surface area contributed by atoms with E-state index in [4.69, 9.17) is 5.73 Å². The fourth-order valence-electron chi connectivity index (χ4n) is 2.19. The van der Waals surface area contributed by atoms with Gasteiger partial charge in [0.25, 0.3) is 0 Å². The van der Waals surface area contributed by atoms with Crippen LogP contribution in [-0.4, -0.2) is 30.6 Å². The molecule has 1 aliphatic rings. The second-order valence-electron chi connectivity index (χ2n) is 4.71. The lowest BCUT2D eigenvalue weighted by Gasteiger charge is -2.45. The Morgan fingerprint density at radius 2 is 2.00 bits per heavy atom. The molecule has 1 saturated carbocycles. The summed E-state index contributed by atoms with van der Waals surface area (Å²) in [4.78, 5) is 2.53. The van der Waals surface area contributed by atoms with Crippen LogP contribution in [0, 0.1) is 5.41 Å². The highest BCUT2D eigenvalue weighted by molar-refractivity contribution is 4.91. The molecular formula is C11H24N2. The lowest BCUT2D eigenvalue weighted by atomic mass is 9.68. The van der Waals surface area contributed by atoms with Crippen molar-refractivity contribution in [2.24, 2.45) is 11.1 Å². The van der Waals surface area contributed by atoms with Gasteiger partial charge in [0.15, 0.2) is 0 Å². The molecule has 0 aromatic rings. The minimum atomic E-state index is 0.472. The van der Waals surface area contributed by atoms with Crippen molar-refractivity contribution in [3.05, 3.63) is 0 Å². The maximum atomic E-state index is 5.85. The molecule has 0 aromatic carbocycles. The largest absolute Gasteiger partial charge is 0.330 e. The minimum absolute atomic E-state index is 0.472. The Bertz CT molecular complexity index is 145. The van der Waals surface area contributed by atoms with Crippen molar-refractivity contribution in [1.29, 1.82) is 0 Å². The highest BCUT2D eigenvalue weighted by atomic mass is 15.1. The maximum absolute atomic E-state index is 5.85. The highest BCUT2D eigenvalue weighted by Gasteiger charge is 2.37. The van der Waals surface area contributed by atoms with Crippen molar-refractivity contribution in [1.82, 2.24) is 4.90 Å². The molecule has 2 N–H and O–H groups in total. The van der Waals surface area contributed by atoms with Crippen LogP contribution in [0.3, 0.4) is 0 Å². The molecule has 0 amide bonds. The summed E-state index contributed by atoms with van der Waals surface area (Å²) < 4.78 is 0. The average Bonchev–Trinajstić information content (AvgIpc) is 2.03. The Morgan fingerprint density at radius 1 is 1.38 bits per heavy atom. The van der Waals surface area contributed by atoms with Crippen LogP contribution in [0.15, 0.2) is 0 Å². The lowest BCUT2D eigenvalue weighted by Crippen LogP contribution is -2.48. The van der Waals surface area contributed by atoms with Crippen molar-refractivity contribution in [2.75, 3.05) is 19.6 Å². The van der Waals surface area contributed by atoms with E-state index in [1.54, 1.807) is 0 Å². The van der Waals surface area contributed by atoms with E-state index >= 15 is 0 Å². The molecule has 0 heterocycles. The summed E-state index contributed by atoms with van der Waals surface area (Å²) in [6, 6.07) is 0.661. The number of hydrogen-bond donors (Lipinski definition) is 1. The van der Waals surface area contributed by atoms with Gasteiger partial charge in [0, 0.05) is 12.6 Å². The van der Waals surface area contributed by atoms with Crippen molar-refractivity contribution < 1.29 is 0 Å². The predicted octanol–water partition coefficient (Wildman–Crippen LogP) is 1.85. The summed E-state index contributed by atoms with van der Waals surface area (Å²) in [7, 11) is 0. The first kappa shape index (κ1) is 11.0. The Labute approximate surface area is 82.5 Å². The van der Waals surface area contributed by atoms with Gasteiger partial charge in [0.1, 0.15) is 0 Å². The van der Waals surface area contributed by atoms with Gasteiger partial charge in [0.05, 0.1) is 0 Å². The summed E-state index contributed by atoms with van der Waals surface area (Å²) in [5.74, 6) is 0. The van der Waals surface area contributed by atoms with Gasteiger partial charge in [-0.15, -0.1) is 0 Å². The lowest BCUT2D eigenvalue weighted by molar-refractivity contribution is 0.0621. The van der Waals surface area contributed by atoms with Crippen LogP contribution in [0.1, 0.15) is 40.0 Å². The van der Waals surface area contributed by atoms with Crippen LogP contribution in [0.25, 0.3) is 0 Å². The molecule has 0 unspecified atom stereocenters. The Morgan fingerprint density at radius 3 is 2.23 bits per heavy atom. The second kappa shape index (κ2) is 4.43. The van der Waals surface area contributed by atoms with E-state index in [9.17, 15) is 0 Å². The summed E-state index contributed by atoms with van der Waals surface area (Å²) in [5, 5.41) is 0. The number of nitrogens with two attached hydrogens (primary N) is 1. The molecule has 78 valence electrons. The molecule has 13 heavy (non-hydrogen) atoms. The Kier molecular flexibility index (Phi) is 3.74. The topological polar surface area (TPSA) is 29.3 Å². The van der Waals surface area contributed by atoms with Gasteiger partial charge in [0.2, 0.25) is 0 Å². The molecule has 2 nitrogen and oxygen atoms in total. The number of rotatable bonds is 5. The zero-order valence-electron chi connectivity index (χ0n) is 9.34. The van der Waals surface area contributed by atoms with Gasteiger partial charge in [-0.2, -0.15) is 0 Å². The van der Waals surface area contributed by atoms with Gasteiger partial charge < -0.3 is 10.6 Å². The van der Waals surface area contributed by atoms with E-state index in [-0.39, 0.29) is 0 Å². The molecule has 0 aliphatic heterocycles. The first-order valence-electron chi connectivity index (χ1n) is 5.57. The molecule has 0 spiro atoms. The van der Waals surface area contributed by atoms with E-state index in [1.165, 1.54) is 25.8 Å². The van der Waals surface area contributed by atoms with E-state index in [2.05, 4.69) is 25.7 Å². The van der Waals surface area contributed by atoms with Crippen molar-refractivity contribution in [3.8, 4) is 0 Å². The summed E-state index contributed by atoms with van der Waals surface area (Å²) in [6.07, 6.45) is 4.06. The molecule has 0 saturated heterocycles. The first-order valence-corrected chi connectivity index (χ1v) is 5.57. The van der Waals surface area contributed by atoms with Crippen LogP contribution >= 0.6 is 0 Å². The quantitative estimate of drug-likeness (QED) is 0.706. The fraction of sp³-hybridized carbons (Fsp3) is 1.00. The minimum Gasteiger partial charge on any atom is -0.330 e. The normalized spacial score (nSPS) is 20.8. The molecular weight excluding hydrogens is 160 g/mol. The molecule has 2 heteroatoms. The second-order valence-corrected chi connectivity index (χ2v) is 4.71. The zero-order chi connectivity index (χ0) is 9.90. The van der Waals surface area contributed by atoms with Crippen LogP contribution in [0.4, 0.5) is 0 Å². The van der Waals surface area contributed by atoms with E-state index in [1.807, 2.05) is 0 Å². The number of hydrogen-bond acceptors (Lipinski definition) is 2. The summed E-state index contributed by atoms with van der Waals surface area (Å²) >= 11 is 0. The molecule has 0 aromatic heterocycles. The molecule has 0 atom stereocenters. The monoisotopic (exact) mass is 184 g/mol. The first-order chi connectivity index (χ1) is 6.13. The van der Waals surface area contributed by atoms with Crippen LogP contribution in [0.5, 0.6) is 0 Å². The fourth-order valence-corrected chi connectivity index (χ4v) is 2.19. The third-order valence-corrected chi connectivity index (χ3v) is 3.52. The van der Waals surface area contributed by atoms with Gasteiger partial charge >= 0.3 is 0 Å². The molecule has 0 bridgehead atoms. The molecule has 1 rings (SSSR count). The average molecular weight is 184 g/mol. The number of nitrogens with zero attached hydrogens (tertiary/aromatic N) is 1. The Balaban J connectivity index is 2.44. The van der Waals surface area contributed by atoms with Crippen LogP contribution in [-0.2, 0) is 0 Å². The third-order valence-electron chi connectivity index (χ3n) is 3.52. The van der Waals surface area contributed by atoms with Gasteiger partial charge in [-0.25, -0.2) is 0 Å². The van der Waals surface area contributed by atoms with Gasteiger partial charge in [-0.05, 0) is 45.2 Å². The highest BCUT2D eigenvalue weighted by Crippen LogP contribution is 2.40. The van der Waals surface area contributed by atoms with Crippen LogP contribution < -0.4 is 5.73 Å². The van der Waals surface area contributed by atoms with Crippen molar-refractivity contribution in [3.63, 3.8) is 0 Å². The standard InChI is InChI=1S/C11H24N2/c1-4-13(10(2)3)9-11(8-12)6-5-7-11/h10H,4-9,12H2,1-3H3. The van der Waals surface area contributed by atoms with E-state index < -0.39 is 0 Å². The Hall–Kier alpha value is -0.0800. The zero-order valence-corrected chi connectivity index (χ0v) is 9.34. The molecule has 0 radical (unpaired) electrons. The summed E-state index contributed by atoms with van der Waals surface area (Å²) in [6.45, 7) is 10.0.